The predicted octanol–water partition coefficient (Wildman–Crippen LogP) is 2.21. The van der Waals surface area contributed by atoms with E-state index in [9.17, 15) is 28.8 Å². The molecule has 5 amide bonds. The van der Waals surface area contributed by atoms with Crippen molar-refractivity contribution in [1.82, 2.24) is 30.8 Å². The molecule has 258 valence electrons. The summed E-state index contributed by atoms with van der Waals surface area (Å²) in [5.41, 5.74) is 5.56. The Bertz CT molecular complexity index is 1330. The number of ketones is 1. The van der Waals surface area contributed by atoms with Crippen molar-refractivity contribution in [3.05, 3.63) is 35.9 Å². The van der Waals surface area contributed by atoms with Crippen LogP contribution >= 0.6 is 0 Å². The largest absolute Gasteiger partial charge is 0.363 e. The number of aromatic nitrogens is 2. The minimum Gasteiger partial charge on any atom is -0.363 e. The predicted molar refractivity (Wildman–Crippen MR) is 175 cm³/mol. The third kappa shape index (κ3) is 10.2. The summed E-state index contributed by atoms with van der Waals surface area (Å²) in [7, 11) is 0. The van der Waals surface area contributed by atoms with Gasteiger partial charge in [0.15, 0.2) is 0 Å². The second-order valence-corrected chi connectivity index (χ2v) is 14.1. The Balaban J connectivity index is 1.91. The summed E-state index contributed by atoms with van der Waals surface area (Å²) in [5.74, 6) is -4.35. The Morgan fingerprint density at radius 3 is 2.26 bits per heavy atom. The molecular weight excluding hydrogens is 602 g/mol. The van der Waals surface area contributed by atoms with Crippen LogP contribution in [0.5, 0.6) is 0 Å². The van der Waals surface area contributed by atoms with Crippen molar-refractivity contribution in [1.29, 1.82) is 0 Å². The number of nitrogens with one attached hydrogen (secondary N) is 3. The van der Waals surface area contributed by atoms with Crippen LogP contribution in [0.25, 0.3) is 0 Å². The second-order valence-electron chi connectivity index (χ2n) is 14.1. The maximum Gasteiger partial charge on any atom is 0.287 e. The maximum atomic E-state index is 14.4. The van der Waals surface area contributed by atoms with E-state index in [2.05, 4.69) is 25.9 Å². The number of rotatable bonds is 13. The lowest BCUT2D eigenvalue weighted by molar-refractivity contribution is -0.145. The molecule has 3 rings (SSSR count). The zero-order valence-electron chi connectivity index (χ0n) is 28.5. The molecule has 1 saturated carbocycles. The number of nitrogens with zero attached hydrogens (tertiary/aromatic N) is 3. The van der Waals surface area contributed by atoms with Crippen molar-refractivity contribution in [2.75, 3.05) is 6.54 Å². The summed E-state index contributed by atoms with van der Waals surface area (Å²) in [5, 5.41) is 8.48. The van der Waals surface area contributed by atoms with Crippen LogP contribution in [0.1, 0.15) is 103 Å². The van der Waals surface area contributed by atoms with E-state index in [1.54, 1.807) is 0 Å². The summed E-state index contributed by atoms with van der Waals surface area (Å²) < 4.78 is 0. The van der Waals surface area contributed by atoms with Crippen LogP contribution in [-0.2, 0) is 24.0 Å². The van der Waals surface area contributed by atoms with E-state index >= 15 is 0 Å². The molecule has 2 aliphatic rings. The average Bonchev–Trinajstić information content (AvgIpc) is 3.44. The SMILES string of the molecule is CCCC(NC(=O)[C@@H]1C[C@@H](C=C(C)C)CN1C(=O)[C@@H](NC(=O)[C@@H](NC(=O)c1cnccn1)C1CCCCC1)C(C)(C)C)C(=O)C(N)=O. The van der Waals surface area contributed by atoms with Crippen LogP contribution < -0.4 is 21.7 Å². The van der Waals surface area contributed by atoms with E-state index in [1.807, 2.05) is 47.6 Å². The third-order valence-electron chi connectivity index (χ3n) is 8.83. The van der Waals surface area contributed by atoms with Crippen LogP contribution in [0.2, 0.25) is 0 Å². The number of hydrogen-bond donors (Lipinski definition) is 4. The maximum absolute atomic E-state index is 14.4. The first-order valence-electron chi connectivity index (χ1n) is 16.6. The van der Waals surface area contributed by atoms with Crippen molar-refractivity contribution >= 4 is 35.3 Å². The lowest BCUT2D eigenvalue weighted by Crippen LogP contribution is -2.62. The van der Waals surface area contributed by atoms with E-state index in [1.165, 1.54) is 23.5 Å². The number of Topliss-reactive ketones (excluding diaryl/α,β-unsaturated/α-hetero) is 1. The van der Waals surface area contributed by atoms with Crippen molar-refractivity contribution in [2.45, 2.75) is 117 Å². The fraction of sp³-hybridized carbons (Fsp3) is 0.647. The van der Waals surface area contributed by atoms with Gasteiger partial charge in [0.25, 0.3) is 11.8 Å². The zero-order chi connectivity index (χ0) is 34.9. The molecule has 1 aromatic heterocycles. The van der Waals surface area contributed by atoms with Crippen molar-refractivity contribution in [3.8, 4) is 0 Å². The number of allylic oxidation sites excluding steroid dienone is 1. The van der Waals surface area contributed by atoms with Gasteiger partial charge in [-0.1, -0.05) is 65.0 Å². The standard InChI is InChI=1S/C34H51N7O6/c1-7-11-23(27(42)29(35)43)38-31(45)25-17-21(16-20(2)3)19-41(25)33(47)28(34(4,5)6)40-32(46)26(22-12-9-8-10-13-22)39-30(44)24-18-36-14-15-37-24/h14-16,18,21-23,25-26,28H,7-13,17,19H2,1-6H3,(H2,35,43)(H,38,45)(H,39,44)(H,40,46)/t21-,23?,25+,26+,28-/m1/s1. The molecule has 5 N–H and O–H groups in total. The average molecular weight is 654 g/mol. The number of carbonyl (C=O) groups excluding carboxylic acids is 6. The van der Waals surface area contributed by atoms with E-state index in [0.29, 0.717) is 12.8 Å². The first-order valence-corrected chi connectivity index (χ1v) is 16.6. The van der Waals surface area contributed by atoms with Gasteiger partial charge in [-0.05, 0) is 56.8 Å². The molecule has 0 spiro atoms. The summed E-state index contributed by atoms with van der Waals surface area (Å²) in [6.07, 6.45) is 11.6. The van der Waals surface area contributed by atoms with Gasteiger partial charge in [0.2, 0.25) is 23.5 Å². The van der Waals surface area contributed by atoms with Gasteiger partial charge in [-0.2, -0.15) is 0 Å². The van der Waals surface area contributed by atoms with E-state index in [0.717, 1.165) is 37.7 Å². The minimum absolute atomic E-state index is 0.0805. The highest BCUT2D eigenvalue weighted by Crippen LogP contribution is 2.31. The molecule has 1 aromatic rings. The van der Waals surface area contributed by atoms with Gasteiger partial charge >= 0.3 is 0 Å². The molecule has 2 fully saturated rings. The molecule has 1 aliphatic carbocycles. The Morgan fingerprint density at radius 2 is 1.70 bits per heavy atom. The lowest BCUT2D eigenvalue weighted by atomic mass is 9.82. The molecule has 0 aromatic carbocycles. The molecule has 1 unspecified atom stereocenters. The van der Waals surface area contributed by atoms with Gasteiger partial charge in [0, 0.05) is 18.9 Å². The highest BCUT2D eigenvalue weighted by atomic mass is 16.2. The van der Waals surface area contributed by atoms with Gasteiger partial charge in [0.1, 0.15) is 23.8 Å². The number of carbonyl (C=O) groups is 6. The van der Waals surface area contributed by atoms with Crippen molar-refractivity contribution in [2.24, 2.45) is 23.0 Å². The molecule has 1 saturated heterocycles. The smallest absolute Gasteiger partial charge is 0.287 e. The van der Waals surface area contributed by atoms with E-state index in [-0.39, 0.29) is 30.5 Å². The minimum atomic E-state index is -1.14. The molecule has 0 bridgehead atoms. The highest BCUT2D eigenvalue weighted by molar-refractivity contribution is 6.37. The van der Waals surface area contributed by atoms with Crippen molar-refractivity contribution < 1.29 is 28.8 Å². The number of nitrogens with two attached hydrogens (primary N) is 1. The molecule has 47 heavy (non-hydrogen) atoms. The summed E-state index contributed by atoms with van der Waals surface area (Å²) in [6, 6.07) is -4.01. The molecule has 5 atom stereocenters. The van der Waals surface area contributed by atoms with Gasteiger partial charge in [-0.3, -0.25) is 33.8 Å². The summed E-state index contributed by atoms with van der Waals surface area (Å²) >= 11 is 0. The van der Waals surface area contributed by atoms with Crippen LogP contribution in [0.3, 0.4) is 0 Å². The quantitative estimate of drug-likeness (QED) is 0.184. The Hall–Kier alpha value is -4.16. The normalized spacial score (nSPS) is 20.3. The molecule has 2 heterocycles. The summed E-state index contributed by atoms with van der Waals surface area (Å²) in [6.45, 7) is 11.4. The summed E-state index contributed by atoms with van der Waals surface area (Å²) in [4.78, 5) is 88.9. The van der Waals surface area contributed by atoms with Crippen LogP contribution in [-0.4, -0.2) is 80.9 Å². The van der Waals surface area contributed by atoms with E-state index in [4.69, 9.17) is 5.73 Å². The number of likely N-dealkylation sites (tertiary alicyclic amines) is 1. The first-order chi connectivity index (χ1) is 22.1. The number of primary amides is 1. The fourth-order valence-electron chi connectivity index (χ4n) is 6.49. The number of amides is 5. The van der Waals surface area contributed by atoms with Gasteiger partial charge in [0.05, 0.1) is 12.2 Å². The van der Waals surface area contributed by atoms with Gasteiger partial charge < -0.3 is 26.6 Å². The van der Waals surface area contributed by atoms with Gasteiger partial charge in [-0.25, -0.2) is 4.98 Å². The molecular formula is C34H51N7O6. The Kier molecular flexibility index (Phi) is 13.2. The Labute approximate surface area is 277 Å². The van der Waals surface area contributed by atoms with E-state index < -0.39 is 64.9 Å². The zero-order valence-corrected chi connectivity index (χ0v) is 28.5. The molecule has 1 aliphatic heterocycles. The fourth-order valence-corrected chi connectivity index (χ4v) is 6.49. The Morgan fingerprint density at radius 1 is 1.02 bits per heavy atom. The molecule has 13 heteroatoms. The van der Waals surface area contributed by atoms with Crippen LogP contribution in [0.4, 0.5) is 0 Å². The van der Waals surface area contributed by atoms with Crippen molar-refractivity contribution in [3.63, 3.8) is 0 Å². The monoisotopic (exact) mass is 653 g/mol. The van der Waals surface area contributed by atoms with Crippen LogP contribution in [0.15, 0.2) is 30.2 Å². The molecule has 13 nitrogen and oxygen atoms in total. The lowest BCUT2D eigenvalue weighted by Gasteiger charge is -2.37. The topological polar surface area (TPSA) is 194 Å². The van der Waals surface area contributed by atoms with Gasteiger partial charge in [-0.15, -0.1) is 0 Å². The first kappa shape index (κ1) is 37.3. The third-order valence-corrected chi connectivity index (χ3v) is 8.83. The molecule has 0 radical (unpaired) electrons. The highest BCUT2D eigenvalue weighted by Gasteiger charge is 2.46. The van der Waals surface area contributed by atoms with Crippen LogP contribution in [0, 0.1) is 17.3 Å². The second kappa shape index (κ2) is 16.6. The number of hydrogen-bond acceptors (Lipinski definition) is 8.